The molecule has 0 atom stereocenters. The van der Waals surface area contributed by atoms with Crippen molar-refractivity contribution in [1.29, 1.82) is 0 Å². The summed E-state index contributed by atoms with van der Waals surface area (Å²) >= 11 is 1.76. The SMILES string of the molecule is CSN1CCN(C(=O)Cc2cccc(C)c2)CC1. The zero-order chi connectivity index (χ0) is 13.0. The molecular weight excluding hydrogens is 244 g/mol. The van der Waals surface area contributed by atoms with E-state index in [1.807, 2.05) is 17.0 Å². The van der Waals surface area contributed by atoms with Gasteiger partial charge in [-0.05, 0) is 18.7 Å². The highest BCUT2D eigenvalue weighted by Gasteiger charge is 2.20. The molecule has 0 bridgehead atoms. The average Bonchev–Trinajstić information content (AvgIpc) is 2.39. The van der Waals surface area contributed by atoms with Crippen LogP contribution >= 0.6 is 11.9 Å². The molecule has 0 spiro atoms. The monoisotopic (exact) mass is 264 g/mol. The molecule has 0 aliphatic carbocycles. The number of rotatable bonds is 3. The minimum atomic E-state index is 0.251. The van der Waals surface area contributed by atoms with Gasteiger partial charge in [-0.2, -0.15) is 0 Å². The van der Waals surface area contributed by atoms with Crippen LogP contribution in [0.3, 0.4) is 0 Å². The van der Waals surface area contributed by atoms with Gasteiger partial charge < -0.3 is 4.90 Å². The van der Waals surface area contributed by atoms with Crippen LogP contribution < -0.4 is 0 Å². The number of amides is 1. The largest absolute Gasteiger partial charge is 0.340 e. The summed E-state index contributed by atoms with van der Waals surface area (Å²) in [5.74, 6) is 0.251. The van der Waals surface area contributed by atoms with Gasteiger partial charge in [-0.15, -0.1) is 0 Å². The molecule has 1 aliphatic rings. The lowest BCUT2D eigenvalue weighted by Crippen LogP contribution is -2.46. The van der Waals surface area contributed by atoms with Gasteiger partial charge in [0.1, 0.15) is 0 Å². The van der Waals surface area contributed by atoms with Gasteiger partial charge in [-0.25, -0.2) is 4.31 Å². The quantitative estimate of drug-likeness (QED) is 0.780. The maximum Gasteiger partial charge on any atom is 0.227 e. The Labute approximate surface area is 113 Å². The first kappa shape index (κ1) is 13.4. The van der Waals surface area contributed by atoms with Gasteiger partial charge in [0.15, 0.2) is 0 Å². The zero-order valence-electron chi connectivity index (χ0n) is 11.1. The molecule has 1 heterocycles. The summed E-state index contributed by atoms with van der Waals surface area (Å²) in [5.41, 5.74) is 2.33. The van der Waals surface area contributed by atoms with Gasteiger partial charge in [0.25, 0.3) is 0 Å². The Kier molecular flexibility index (Phi) is 4.66. The molecule has 4 heteroatoms. The van der Waals surface area contributed by atoms with E-state index in [1.165, 1.54) is 5.56 Å². The van der Waals surface area contributed by atoms with Crippen molar-refractivity contribution in [3.8, 4) is 0 Å². The third-order valence-electron chi connectivity index (χ3n) is 3.29. The van der Waals surface area contributed by atoms with Crippen molar-refractivity contribution in [2.75, 3.05) is 32.4 Å². The molecule has 1 amide bonds. The molecule has 0 radical (unpaired) electrons. The van der Waals surface area contributed by atoms with Crippen LogP contribution in [0.2, 0.25) is 0 Å². The molecule has 1 aliphatic heterocycles. The van der Waals surface area contributed by atoms with Crippen molar-refractivity contribution in [2.45, 2.75) is 13.3 Å². The maximum absolute atomic E-state index is 12.2. The fourth-order valence-electron chi connectivity index (χ4n) is 2.23. The molecule has 1 saturated heterocycles. The summed E-state index contributed by atoms with van der Waals surface area (Å²) < 4.78 is 2.30. The normalized spacial score (nSPS) is 16.9. The summed E-state index contributed by atoms with van der Waals surface area (Å²) in [6, 6.07) is 8.20. The Balaban J connectivity index is 1.89. The van der Waals surface area contributed by atoms with Gasteiger partial charge in [0, 0.05) is 26.2 Å². The second-order valence-corrected chi connectivity index (χ2v) is 5.54. The fourth-order valence-corrected chi connectivity index (χ4v) is 2.76. The Morgan fingerprint density at radius 3 is 2.61 bits per heavy atom. The molecule has 98 valence electrons. The topological polar surface area (TPSA) is 23.6 Å². The van der Waals surface area contributed by atoms with E-state index in [4.69, 9.17) is 0 Å². The lowest BCUT2D eigenvalue weighted by atomic mass is 10.1. The van der Waals surface area contributed by atoms with E-state index in [2.05, 4.69) is 29.6 Å². The van der Waals surface area contributed by atoms with Crippen molar-refractivity contribution >= 4 is 17.9 Å². The molecule has 1 fully saturated rings. The van der Waals surface area contributed by atoms with E-state index in [0.717, 1.165) is 31.7 Å². The number of nitrogens with zero attached hydrogens (tertiary/aromatic N) is 2. The lowest BCUT2D eigenvalue weighted by molar-refractivity contribution is -0.131. The molecule has 0 saturated carbocycles. The molecular formula is C14H20N2OS. The predicted molar refractivity (Wildman–Crippen MR) is 76.6 cm³/mol. The molecule has 1 aromatic rings. The number of carbonyl (C=O) groups excluding carboxylic acids is 1. The smallest absolute Gasteiger partial charge is 0.227 e. The first-order valence-corrected chi connectivity index (χ1v) is 7.49. The Hall–Kier alpha value is -1.00. The van der Waals surface area contributed by atoms with Crippen molar-refractivity contribution < 1.29 is 4.79 Å². The summed E-state index contributed by atoms with van der Waals surface area (Å²) in [7, 11) is 0. The van der Waals surface area contributed by atoms with Crippen LogP contribution in [0, 0.1) is 6.92 Å². The molecule has 0 aromatic heterocycles. The second-order valence-electron chi connectivity index (χ2n) is 4.66. The van der Waals surface area contributed by atoms with E-state index in [0.29, 0.717) is 6.42 Å². The molecule has 2 rings (SSSR count). The first-order valence-electron chi connectivity index (χ1n) is 6.31. The summed E-state index contributed by atoms with van der Waals surface area (Å²) in [4.78, 5) is 14.2. The second kappa shape index (κ2) is 6.25. The van der Waals surface area contributed by atoms with Crippen LogP contribution in [0.4, 0.5) is 0 Å². The van der Waals surface area contributed by atoms with Crippen molar-refractivity contribution in [2.24, 2.45) is 0 Å². The Morgan fingerprint density at radius 1 is 1.28 bits per heavy atom. The van der Waals surface area contributed by atoms with Gasteiger partial charge in [0.05, 0.1) is 6.42 Å². The number of hydrogen-bond donors (Lipinski definition) is 0. The van der Waals surface area contributed by atoms with Crippen LogP contribution in [-0.2, 0) is 11.2 Å². The first-order chi connectivity index (χ1) is 8.69. The molecule has 1 aromatic carbocycles. The van der Waals surface area contributed by atoms with Crippen LogP contribution in [-0.4, -0.2) is 47.5 Å². The number of hydrogen-bond acceptors (Lipinski definition) is 3. The van der Waals surface area contributed by atoms with E-state index >= 15 is 0 Å². The molecule has 0 unspecified atom stereocenters. The minimum absolute atomic E-state index is 0.251. The average molecular weight is 264 g/mol. The standard InChI is InChI=1S/C14H20N2OS/c1-12-4-3-5-13(10-12)11-14(17)15-6-8-16(18-2)9-7-15/h3-5,10H,6-9,11H2,1-2H3. The van der Waals surface area contributed by atoms with Gasteiger partial charge in [0.2, 0.25) is 5.91 Å². The number of carbonyl (C=O) groups is 1. The van der Waals surface area contributed by atoms with Crippen LogP contribution in [0.1, 0.15) is 11.1 Å². The van der Waals surface area contributed by atoms with Crippen molar-refractivity contribution in [3.05, 3.63) is 35.4 Å². The molecule has 18 heavy (non-hydrogen) atoms. The van der Waals surface area contributed by atoms with Crippen LogP contribution in [0.15, 0.2) is 24.3 Å². The third kappa shape index (κ3) is 3.50. The Bertz CT molecular complexity index is 414. The third-order valence-corrected chi connectivity index (χ3v) is 4.17. The molecule has 0 N–H and O–H groups in total. The predicted octanol–water partition coefficient (Wildman–Crippen LogP) is 1.96. The van der Waals surface area contributed by atoms with Crippen LogP contribution in [0.5, 0.6) is 0 Å². The summed E-state index contributed by atoms with van der Waals surface area (Å²) in [5, 5.41) is 0. The summed E-state index contributed by atoms with van der Waals surface area (Å²) in [6.45, 7) is 5.71. The van der Waals surface area contributed by atoms with E-state index < -0.39 is 0 Å². The number of benzene rings is 1. The van der Waals surface area contributed by atoms with Crippen molar-refractivity contribution in [1.82, 2.24) is 9.21 Å². The lowest BCUT2D eigenvalue weighted by Gasteiger charge is -2.33. The Morgan fingerprint density at radius 2 is 2.00 bits per heavy atom. The minimum Gasteiger partial charge on any atom is -0.340 e. The van der Waals surface area contributed by atoms with E-state index in [1.54, 1.807) is 11.9 Å². The number of piperazine rings is 1. The van der Waals surface area contributed by atoms with Gasteiger partial charge in [-0.1, -0.05) is 41.8 Å². The van der Waals surface area contributed by atoms with E-state index in [-0.39, 0.29) is 5.91 Å². The van der Waals surface area contributed by atoms with Gasteiger partial charge >= 0.3 is 0 Å². The number of aryl methyl sites for hydroxylation is 1. The zero-order valence-corrected chi connectivity index (χ0v) is 11.9. The van der Waals surface area contributed by atoms with Crippen molar-refractivity contribution in [3.63, 3.8) is 0 Å². The fraction of sp³-hybridized carbons (Fsp3) is 0.500. The maximum atomic E-state index is 12.2. The summed E-state index contributed by atoms with van der Waals surface area (Å²) in [6.07, 6.45) is 2.62. The highest BCUT2D eigenvalue weighted by atomic mass is 32.2. The van der Waals surface area contributed by atoms with Crippen LogP contribution in [0.25, 0.3) is 0 Å². The van der Waals surface area contributed by atoms with Gasteiger partial charge in [-0.3, -0.25) is 4.79 Å². The van der Waals surface area contributed by atoms with E-state index in [9.17, 15) is 4.79 Å². The molecule has 3 nitrogen and oxygen atoms in total. The highest BCUT2D eigenvalue weighted by molar-refractivity contribution is 7.96. The highest BCUT2D eigenvalue weighted by Crippen LogP contribution is 2.12.